The number of benzene rings is 2. The van der Waals surface area contributed by atoms with Crippen molar-refractivity contribution in [2.75, 3.05) is 6.54 Å². The van der Waals surface area contributed by atoms with Crippen molar-refractivity contribution >= 4 is 5.91 Å². The number of rotatable bonds is 6. The summed E-state index contributed by atoms with van der Waals surface area (Å²) in [6.45, 7) is 2.53. The van der Waals surface area contributed by atoms with Gasteiger partial charge >= 0.3 is 0 Å². The Morgan fingerprint density at radius 2 is 1.73 bits per heavy atom. The molecule has 0 spiro atoms. The second-order valence-electron chi connectivity index (χ2n) is 6.16. The van der Waals surface area contributed by atoms with Gasteiger partial charge in [-0.2, -0.15) is 0 Å². The fourth-order valence-electron chi connectivity index (χ4n) is 2.73. The van der Waals surface area contributed by atoms with Crippen molar-refractivity contribution in [3.63, 3.8) is 0 Å². The lowest BCUT2D eigenvalue weighted by molar-refractivity contribution is -0.120. The van der Waals surface area contributed by atoms with E-state index in [0.29, 0.717) is 25.1 Å². The maximum Gasteiger partial charge on any atom is 0.256 e. The van der Waals surface area contributed by atoms with Gasteiger partial charge in [0.1, 0.15) is 0 Å². The van der Waals surface area contributed by atoms with E-state index in [1.165, 1.54) is 17.1 Å². The smallest absolute Gasteiger partial charge is 0.256 e. The van der Waals surface area contributed by atoms with Gasteiger partial charge in [0, 0.05) is 24.8 Å². The topological polar surface area (TPSA) is 64.0 Å². The van der Waals surface area contributed by atoms with Gasteiger partial charge in [0.05, 0.1) is 12.7 Å². The molecule has 0 saturated heterocycles. The maximum atomic E-state index is 12.1. The normalized spacial score (nSPS) is 10.5. The van der Waals surface area contributed by atoms with Gasteiger partial charge in [-0.05, 0) is 23.6 Å². The summed E-state index contributed by atoms with van der Waals surface area (Å²) in [4.78, 5) is 28.0. The highest BCUT2D eigenvalue weighted by Crippen LogP contribution is 2.19. The van der Waals surface area contributed by atoms with Crippen LogP contribution in [0.15, 0.2) is 71.9 Å². The van der Waals surface area contributed by atoms with Crippen molar-refractivity contribution < 1.29 is 4.79 Å². The van der Waals surface area contributed by atoms with Crippen molar-refractivity contribution in [1.82, 2.24) is 14.9 Å². The van der Waals surface area contributed by atoms with Crippen molar-refractivity contribution in [3.8, 4) is 11.1 Å². The average Bonchev–Trinajstić information content (AvgIpc) is 2.66. The Labute approximate surface area is 152 Å². The maximum absolute atomic E-state index is 12.1. The molecule has 5 nitrogen and oxygen atoms in total. The highest BCUT2D eigenvalue weighted by Gasteiger charge is 2.05. The Morgan fingerprint density at radius 3 is 2.46 bits per heavy atom. The number of carbonyl (C=O) groups excluding carboxylic acids is 1. The van der Waals surface area contributed by atoms with Crippen LogP contribution < -0.4 is 10.9 Å². The quantitative estimate of drug-likeness (QED) is 0.745. The van der Waals surface area contributed by atoms with Crippen LogP contribution in [0.1, 0.15) is 11.1 Å². The fraction of sp³-hybridized carbons (Fsp3) is 0.190. The van der Waals surface area contributed by atoms with Crippen LogP contribution in [-0.4, -0.2) is 22.0 Å². The number of aromatic nitrogens is 2. The first-order chi connectivity index (χ1) is 12.6. The molecular formula is C21H21N3O2. The molecule has 3 rings (SSSR count). The molecule has 5 heteroatoms. The molecule has 3 aromatic rings. The van der Waals surface area contributed by atoms with Crippen LogP contribution in [0, 0.1) is 6.92 Å². The number of aryl methyl sites for hydroxylation is 1. The summed E-state index contributed by atoms with van der Waals surface area (Å²) in [6, 6.07) is 18.1. The first kappa shape index (κ1) is 17.6. The monoisotopic (exact) mass is 347 g/mol. The van der Waals surface area contributed by atoms with Crippen molar-refractivity contribution in [2.24, 2.45) is 0 Å². The largest absolute Gasteiger partial charge is 0.354 e. The van der Waals surface area contributed by atoms with E-state index in [-0.39, 0.29) is 11.5 Å². The van der Waals surface area contributed by atoms with Crippen LogP contribution in [0.5, 0.6) is 0 Å². The summed E-state index contributed by atoms with van der Waals surface area (Å²) in [6.07, 6.45) is 3.34. The lowest BCUT2D eigenvalue weighted by atomic mass is 10.0. The van der Waals surface area contributed by atoms with Crippen LogP contribution >= 0.6 is 0 Å². The van der Waals surface area contributed by atoms with E-state index in [0.717, 1.165) is 16.7 Å². The number of carbonyl (C=O) groups is 1. The number of amides is 1. The van der Waals surface area contributed by atoms with Gasteiger partial charge < -0.3 is 5.32 Å². The number of hydrogen-bond acceptors (Lipinski definition) is 3. The molecule has 132 valence electrons. The molecule has 1 N–H and O–H groups in total. The van der Waals surface area contributed by atoms with E-state index in [1.54, 1.807) is 6.92 Å². The summed E-state index contributed by atoms with van der Waals surface area (Å²) in [5, 5.41) is 2.85. The minimum atomic E-state index is -0.0780. The third kappa shape index (κ3) is 4.45. The van der Waals surface area contributed by atoms with Gasteiger partial charge in [-0.3, -0.25) is 14.2 Å². The van der Waals surface area contributed by atoms with Gasteiger partial charge in [-0.15, -0.1) is 0 Å². The lowest BCUT2D eigenvalue weighted by Crippen LogP contribution is -2.32. The second-order valence-corrected chi connectivity index (χ2v) is 6.16. The van der Waals surface area contributed by atoms with Gasteiger partial charge in [0.15, 0.2) is 0 Å². The molecule has 0 unspecified atom stereocenters. The van der Waals surface area contributed by atoms with Gasteiger partial charge in [-0.25, -0.2) is 4.98 Å². The zero-order valence-electron chi connectivity index (χ0n) is 14.7. The first-order valence-corrected chi connectivity index (χ1v) is 8.55. The highest BCUT2D eigenvalue weighted by molar-refractivity contribution is 5.78. The molecule has 0 aliphatic carbocycles. The van der Waals surface area contributed by atoms with Gasteiger partial charge in [-0.1, -0.05) is 54.6 Å². The molecular weight excluding hydrogens is 326 g/mol. The van der Waals surface area contributed by atoms with Crippen LogP contribution in [0.4, 0.5) is 0 Å². The molecule has 1 amide bonds. The molecule has 0 aliphatic rings. The fourth-order valence-corrected chi connectivity index (χ4v) is 2.73. The minimum Gasteiger partial charge on any atom is -0.354 e. The molecule has 2 aromatic carbocycles. The van der Waals surface area contributed by atoms with E-state index in [2.05, 4.69) is 22.4 Å². The highest BCUT2D eigenvalue weighted by atomic mass is 16.1. The second kappa shape index (κ2) is 8.25. The molecule has 0 radical (unpaired) electrons. The Balaban J connectivity index is 1.52. The summed E-state index contributed by atoms with van der Waals surface area (Å²) < 4.78 is 1.50. The predicted molar refractivity (Wildman–Crippen MR) is 102 cm³/mol. The molecule has 0 saturated carbocycles. The molecule has 0 aliphatic heterocycles. The minimum absolute atomic E-state index is 0.0638. The van der Waals surface area contributed by atoms with Gasteiger partial charge in [0.25, 0.3) is 5.56 Å². The summed E-state index contributed by atoms with van der Waals surface area (Å²) >= 11 is 0. The first-order valence-electron chi connectivity index (χ1n) is 8.55. The molecule has 1 aromatic heterocycles. The van der Waals surface area contributed by atoms with Crippen molar-refractivity contribution in [1.29, 1.82) is 0 Å². The zero-order chi connectivity index (χ0) is 18.4. The number of nitrogens with one attached hydrogen (secondary N) is 1. The van der Waals surface area contributed by atoms with E-state index >= 15 is 0 Å². The third-order valence-electron chi connectivity index (χ3n) is 4.17. The van der Waals surface area contributed by atoms with Crippen molar-refractivity contribution in [3.05, 3.63) is 88.6 Å². The Kier molecular flexibility index (Phi) is 5.59. The summed E-state index contributed by atoms with van der Waals surface area (Å²) in [5.41, 5.74) is 3.75. The Hall–Kier alpha value is -3.21. The predicted octanol–water partition coefficient (Wildman–Crippen LogP) is 2.58. The van der Waals surface area contributed by atoms with Crippen LogP contribution in [-0.2, 0) is 17.8 Å². The average molecular weight is 347 g/mol. The SMILES string of the molecule is Cc1cncn(CCNC(=O)Cc2ccc(-c3ccccc3)cc2)c1=O. The van der Waals surface area contributed by atoms with E-state index in [1.807, 2.05) is 42.5 Å². The molecule has 0 bridgehead atoms. The standard InChI is InChI=1S/C21H21N3O2/c1-16-14-22-15-24(21(16)26)12-11-23-20(25)13-17-7-9-19(10-8-17)18-5-3-2-4-6-18/h2-10,14-15H,11-13H2,1H3,(H,23,25). The number of hydrogen-bond donors (Lipinski definition) is 1. The molecule has 26 heavy (non-hydrogen) atoms. The summed E-state index contributed by atoms with van der Waals surface area (Å²) in [5.74, 6) is -0.0638. The van der Waals surface area contributed by atoms with Crippen LogP contribution in [0.3, 0.4) is 0 Å². The number of nitrogens with zero attached hydrogens (tertiary/aromatic N) is 2. The molecule has 1 heterocycles. The third-order valence-corrected chi connectivity index (χ3v) is 4.17. The van der Waals surface area contributed by atoms with E-state index in [9.17, 15) is 9.59 Å². The van der Waals surface area contributed by atoms with E-state index in [4.69, 9.17) is 0 Å². The van der Waals surface area contributed by atoms with Crippen LogP contribution in [0.25, 0.3) is 11.1 Å². The lowest BCUT2D eigenvalue weighted by Gasteiger charge is -2.08. The molecule has 0 fully saturated rings. The zero-order valence-corrected chi connectivity index (χ0v) is 14.7. The Bertz CT molecular complexity index is 931. The van der Waals surface area contributed by atoms with Crippen LogP contribution in [0.2, 0.25) is 0 Å². The summed E-state index contributed by atoms with van der Waals surface area (Å²) in [7, 11) is 0. The van der Waals surface area contributed by atoms with E-state index < -0.39 is 0 Å². The van der Waals surface area contributed by atoms with Gasteiger partial charge in [0.2, 0.25) is 5.91 Å². The van der Waals surface area contributed by atoms with Crippen molar-refractivity contribution in [2.45, 2.75) is 19.9 Å². The molecule has 0 atom stereocenters. The Morgan fingerprint density at radius 1 is 1.04 bits per heavy atom.